The monoisotopic (exact) mass is 344 g/mol. The van der Waals surface area contributed by atoms with E-state index in [1.165, 1.54) is 6.07 Å². The van der Waals surface area contributed by atoms with Crippen LogP contribution in [0.2, 0.25) is 0 Å². The lowest BCUT2D eigenvalue weighted by atomic mass is 9.95. The second kappa shape index (κ2) is 5.86. The molecule has 0 spiro atoms. The first-order valence-electron chi connectivity index (χ1n) is 7.85. The standard InChI is InChI=1S/C18H16O7/c19-7-11-8-23-14-2-1-9(3-16(14)24-11)15-6-13(22)18-12(21)4-10(20)5-17(18)25-15/h1-5,11,15,19-21H,6-8H2/t11-,15?/m0/s1. The molecule has 4 rings (SSSR count). The summed E-state index contributed by atoms with van der Waals surface area (Å²) in [6.07, 6.45) is -0.968. The lowest BCUT2D eigenvalue weighted by Gasteiger charge is -2.29. The van der Waals surface area contributed by atoms with Gasteiger partial charge < -0.3 is 29.5 Å². The van der Waals surface area contributed by atoms with Crippen LogP contribution >= 0.6 is 0 Å². The van der Waals surface area contributed by atoms with Gasteiger partial charge in [-0.25, -0.2) is 0 Å². The summed E-state index contributed by atoms with van der Waals surface area (Å²) in [7, 11) is 0. The smallest absolute Gasteiger partial charge is 0.174 e. The van der Waals surface area contributed by atoms with Crippen LogP contribution in [0.25, 0.3) is 0 Å². The Morgan fingerprint density at radius 2 is 1.88 bits per heavy atom. The molecule has 2 aromatic carbocycles. The minimum Gasteiger partial charge on any atom is -0.508 e. The van der Waals surface area contributed by atoms with Crippen molar-refractivity contribution in [3.05, 3.63) is 41.5 Å². The molecule has 2 atom stereocenters. The second-order valence-electron chi connectivity index (χ2n) is 6.01. The van der Waals surface area contributed by atoms with Crippen molar-refractivity contribution in [1.82, 2.24) is 0 Å². The Labute approximate surface area is 143 Å². The van der Waals surface area contributed by atoms with Crippen LogP contribution in [0.5, 0.6) is 28.7 Å². The van der Waals surface area contributed by atoms with Crippen molar-refractivity contribution in [3.63, 3.8) is 0 Å². The first-order chi connectivity index (χ1) is 12.0. The number of hydrogen-bond acceptors (Lipinski definition) is 7. The number of fused-ring (bicyclic) bond motifs is 2. The summed E-state index contributed by atoms with van der Waals surface area (Å²) in [6, 6.07) is 7.62. The molecule has 130 valence electrons. The van der Waals surface area contributed by atoms with E-state index in [4.69, 9.17) is 14.2 Å². The van der Waals surface area contributed by atoms with Gasteiger partial charge in [-0.2, -0.15) is 0 Å². The fraction of sp³-hybridized carbons (Fsp3) is 0.278. The molecular formula is C18H16O7. The van der Waals surface area contributed by atoms with Gasteiger partial charge in [-0.3, -0.25) is 4.79 Å². The van der Waals surface area contributed by atoms with Crippen LogP contribution in [0.3, 0.4) is 0 Å². The van der Waals surface area contributed by atoms with Crippen LogP contribution in [0.15, 0.2) is 30.3 Å². The molecule has 1 unspecified atom stereocenters. The molecule has 3 N–H and O–H groups in total. The highest BCUT2D eigenvalue weighted by Crippen LogP contribution is 2.43. The van der Waals surface area contributed by atoms with Crippen molar-refractivity contribution in [2.24, 2.45) is 0 Å². The lowest BCUT2D eigenvalue weighted by molar-refractivity contribution is 0.0452. The number of aliphatic hydroxyl groups excluding tert-OH is 1. The number of phenols is 2. The van der Waals surface area contributed by atoms with Gasteiger partial charge in [-0.15, -0.1) is 0 Å². The first-order valence-corrected chi connectivity index (χ1v) is 7.85. The largest absolute Gasteiger partial charge is 0.508 e. The fourth-order valence-corrected chi connectivity index (χ4v) is 3.03. The zero-order chi connectivity index (χ0) is 17.6. The Bertz CT molecular complexity index is 846. The maximum atomic E-state index is 12.4. The van der Waals surface area contributed by atoms with Gasteiger partial charge in [0, 0.05) is 12.1 Å². The summed E-state index contributed by atoms with van der Waals surface area (Å²) in [5, 5.41) is 28.7. The summed E-state index contributed by atoms with van der Waals surface area (Å²) < 4.78 is 17.0. The molecule has 0 saturated heterocycles. The molecule has 0 bridgehead atoms. The Kier molecular flexibility index (Phi) is 3.65. The Balaban J connectivity index is 1.66. The van der Waals surface area contributed by atoms with Crippen LogP contribution in [0, 0.1) is 0 Å². The van der Waals surface area contributed by atoms with Gasteiger partial charge in [-0.1, -0.05) is 6.07 Å². The van der Waals surface area contributed by atoms with Crippen molar-refractivity contribution in [3.8, 4) is 28.7 Å². The number of carbonyl (C=O) groups is 1. The predicted octanol–water partition coefficient (Wildman–Crippen LogP) is 1.94. The number of aromatic hydroxyl groups is 2. The molecule has 2 aliphatic heterocycles. The number of ether oxygens (including phenoxy) is 3. The average molecular weight is 344 g/mol. The lowest BCUT2D eigenvalue weighted by Crippen LogP contribution is -2.32. The molecular weight excluding hydrogens is 328 g/mol. The van der Waals surface area contributed by atoms with E-state index >= 15 is 0 Å². The number of rotatable bonds is 2. The molecule has 0 amide bonds. The van der Waals surface area contributed by atoms with E-state index in [-0.39, 0.29) is 48.2 Å². The minimum atomic E-state index is -0.579. The van der Waals surface area contributed by atoms with E-state index in [2.05, 4.69) is 0 Å². The molecule has 7 heteroatoms. The number of aliphatic hydroxyl groups is 1. The van der Waals surface area contributed by atoms with E-state index in [9.17, 15) is 20.1 Å². The van der Waals surface area contributed by atoms with Crippen molar-refractivity contribution < 1.29 is 34.3 Å². The van der Waals surface area contributed by atoms with Gasteiger partial charge in [0.1, 0.15) is 35.5 Å². The van der Waals surface area contributed by atoms with Gasteiger partial charge >= 0.3 is 0 Å². The van der Waals surface area contributed by atoms with E-state index in [0.29, 0.717) is 17.1 Å². The third-order valence-electron chi connectivity index (χ3n) is 4.25. The zero-order valence-corrected chi connectivity index (χ0v) is 13.1. The summed E-state index contributed by atoms with van der Waals surface area (Å²) in [5.41, 5.74) is 0.773. The fourth-order valence-electron chi connectivity index (χ4n) is 3.03. The number of carbonyl (C=O) groups excluding carboxylic acids is 1. The Morgan fingerprint density at radius 3 is 2.68 bits per heavy atom. The molecule has 0 aliphatic carbocycles. The van der Waals surface area contributed by atoms with Crippen molar-refractivity contribution in [1.29, 1.82) is 0 Å². The van der Waals surface area contributed by atoms with E-state index in [1.807, 2.05) is 0 Å². The number of hydrogen-bond donors (Lipinski definition) is 3. The highest BCUT2D eigenvalue weighted by molar-refractivity contribution is 6.02. The molecule has 0 radical (unpaired) electrons. The molecule has 2 heterocycles. The third kappa shape index (κ3) is 2.72. The molecule has 0 saturated carbocycles. The number of phenolic OH excluding ortho intramolecular Hbond substituents is 2. The van der Waals surface area contributed by atoms with Crippen molar-refractivity contribution in [2.75, 3.05) is 13.2 Å². The Hall–Kier alpha value is -2.93. The quantitative estimate of drug-likeness (QED) is 0.764. The SMILES string of the molecule is O=C1CC(c2ccc3c(c2)O[C@@H](CO)CO3)Oc2cc(O)cc(O)c21. The van der Waals surface area contributed by atoms with E-state index in [0.717, 1.165) is 6.07 Å². The summed E-state index contributed by atoms with van der Waals surface area (Å²) in [5.74, 6) is 0.424. The van der Waals surface area contributed by atoms with Crippen LogP contribution in [-0.4, -0.2) is 40.4 Å². The average Bonchev–Trinajstić information content (AvgIpc) is 2.59. The number of benzene rings is 2. The van der Waals surface area contributed by atoms with Crippen LogP contribution in [0.1, 0.15) is 28.4 Å². The molecule has 25 heavy (non-hydrogen) atoms. The second-order valence-corrected chi connectivity index (χ2v) is 6.01. The van der Waals surface area contributed by atoms with Crippen LogP contribution < -0.4 is 14.2 Å². The van der Waals surface area contributed by atoms with Gasteiger partial charge in [0.2, 0.25) is 0 Å². The highest BCUT2D eigenvalue weighted by atomic mass is 16.6. The van der Waals surface area contributed by atoms with E-state index in [1.54, 1.807) is 18.2 Å². The topological polar surface area (TPSA) is 105 Å². The molecule has 2 aromatic rings. The normalized spacial score (nSPS) is 21.4. The molecule has 0 aromatic heterocycles. The number of Topliss-reactive ketones (excluding diaryl/α,β-unsaturated/α-hetero) is 1. The third-order valence-corrected chi connectivity index (χ3v) is 4.25. The summed E-state index contributed by atoms with van der Waals surface area (Å²) >= 11 is 0. The summed E-state index contributed by atoms with van der Waals surface area (Å²) in [6.45, 7) is 0.112. The minimum absolute atomic E-state index is 0.0500. The number of ketones is 1. The maximum absolute atomic E-state index is 12.4. The molecule has 7 nitrogen and oxygen atoms in total. The van der Waals surface area contributed by atoms with Gasteiger partial charge in [-0.05, 0) is 17.7 Å². The summed E-state index contributed by atoms with van der Waals surface area (Å²) in [4.78, 5) is 12.4. The highest BCUT2D eigenvalue weighted by Gasteiger charge is 2.32. The predicted molar refractivity (Wildman–Crippen MR) is 85.5 cm³/mol. The van der Waals surface area contributed by atoms with Gasteiger partial charge in [0.05, 0.1) is 13.0 Å². The van der Waals surface area contributed by atoms with Crippen molar-refractivity contribution >= 4 is 5.78 Å². The molecule has 0 fully saturated rings. The zero-order valence-electron chi connectivity index (χ0n) is 13.1. The Morgan fingerprint density at radius 1 is 1.04 bits per heavy atom. The van der Waals surface area contributed by atoms with Crippen LogP contribution in [-0.2, 0) is 0 Å². The molecule has 2 aliphatic rings. The van der Waals surface area contributed by atoms with Crippen molar-refractivity contribution in [2.45, 2.75) is 18.6 Å². The maximum Gasteiger partial charge on any atom is 0.174 e. The van der Waals surface area contributed by atoms with Gasteiger partial charge in [0.25, 0.3) is 0 Å². The first kappa shape index (κ1) is 15.6. The van der Waals surface area contributed by atoms with Gasteiger partial charge in [0.15, 0.2) is 23.4 Å². The van der Waals surface area contributed by atoms with Crippen LogP contribution in [0.4, 0.5) is 0 Å². The van der Waals surface area contributed by atoms with E-state index < -0.39 is 12.2 Å².